The smallest absolute Gasteiger partial charge is 0.310 e. The van der Waals surface area contributed by atoms with Crippen molar-refractivity contribution in [1.29, 1.82) is 0 Å². The van der Waals surface area contributed by atoms with Crippen LogP contribution in [0.1, 0.15) is 34.6 Å². The second-order valence-electron chi connectivity index (χ2n) is 6.90. The van der Waals surface area contributed by atoms with Crippen LogP contribution in [0.25, 0.3) is 0 Å². The lowest BCUT2D eigenvalue weighted by atomic mass is 9.97. The van der Waals surface area contributed by atoms with Gasteiger partial charge in [0.2, 0.25) is 0 Å². The molecular formula is C21H23NO2. The molecule has 0 aromatic heterocycles. The van der Waals surface area contributed by atoms with E-state index in [1.54, 1.807) is 0 Å². The van der Waals surface area contributed by atoms with Crippen molar-refractivity contribution < 1.29 is 9.53 Å². The number of nitrogens with one attached hydrogen (secondary N) is 1. The van der Waals surface area contributed by atoms with Crippen molar-refractivity contribution in [3.8, 4) is 0 Å². The molecule has 1 unspecified atom stereocenters. The Morgan fingerprint density at radius 1 is 1.04 bits per heavy atom. The van der Waals surface area contributed by atoms with Gasteiger partial charge in [-0.25, -0.2) is 0 Å². The quantitative estimate of drug-likeness (QED) is 0.880. The molecular weight excluding hydrogens is 298 g/mol. The minimum atomic E-state index is -0.122. The zero-order valence-electron chi connectivity index (χ0n) is 13.8. The Morgan fingerprint density at radius 2 is 1.75 bits per heavy atom. The second-order valence-corrected chi connectivity index (χ2v) is 6.90. The molecule has 1 atom stereocenters. The zero-order valence-corrected chi connectivity index (χ0v) is 13.8. The Kier molecular flexibility index (Phi) is 4.35. The summed E-state index contributed by atoms with van der Waals surface area (Å²) in [5, 5.41) is 3.39. The highest BCUT2D eigenvalue weighted by Crippen LogP contribution is 2.25. The van der Waals surface area contributed by atoms with Gasteiger partial charge in [0.1, 0.15) is 6.10 Å². The van der Waals surface area contributed by atoms with Crippen molar-refractivity contribution in [2.45, 2.75) is 37.7 Å². The molecule has 2 aromatic rings. The van der Waals surface area contributed by atoms with Gasteiger partial charge >= 0.3 is 5.97 Å². The standard InChI is InChI=1S/C21H23NO2/c23-21(24-20-12-17-3-1-2-4-18(17)13-20)11-15-5-7-16(8-6-15)19-9-10-22-14-19/h1-8,19-20,22H,9-14H2. The average molecular weight is 321 g/mol. The number of esters is 1. The van der Waals surface area contributed by atoms with E-state index < -0.39 is 0 Å². The Hall–Kier alpha value is -2.13. The summed E-state index contributed by atoms with van der Waals surface area (Å²) in [4.78, 5) is 12.2. The number of fused-ring (bicyclic) bond motifs is 1. The first-order chi connectivity index (χ1) is 11.8. The summed E-state index contributed by atoms with van der Waals surface area (Å²) in [7, 11) is 0. The lowest BCUT2D eigenvalue weighted by Crippen LogP contribution is -2.19. The van der Waals surface area contributed by atoms with E-state index in [1.807, 2.05) is 12.1 Å². The highest BCUT2D eigenvalue weighted by atomic mass is 16.5. The van der Waals surface area contributed by atoms with Crippen molar-refractivity contribution in [3.63, 3.8) is 0 Å². The Bertz CT molecular complexity index is 692. The van der Waals surface area contributed by atoms with Crippen LogP contribution in [-0.4, -0.2) is 25.2 Å². The fourth-order valence-electron chi connectivity index (χ4n) is 3.84. The topological polar surface area (TPSA) is 38.3 Å². The van der Waals surface area contributed by atoms with Gasteiger partial charge in [-0.1, -0.05) is 48.5 Å². The SMILES string of the molecule is O=C(Cc1ccc(C2CCNC2)cc1)OC1Cc2ccccc2C1. The number of benzene rings is 2. The zero-order chi connectivity index (χ0) is 16.4. The summed E-state index contributed by atoms with van der Waals surface area (Å²) in [5.41, 5.74) is 5.02. The summed E-state index contributed by atoms with van der Waals surface area (Å²) >= 11 is 0. The molecule has 1 heterocycles. The van der Waals surface area contributed by atoms with Crippen LogP contribution >= 0.6 is 0 Å². The first-order valence-corrected chi connectivity index (χ1v) is 8.84. The summed E-state index contributed by atoms with van der Waals surface area (Å²) in [6.45, 7) is 2.16. The van der Waals surface area contributed by atoms with Gasteiger partial charge in [0.15, 0.2) is 0 Å². The summed E-state index contributed by atoms with van der Waals surface area (Å²) in [5.74, 6) is 0.492. The maximum absolute atomic E-state index is 12.2. The number of rotatable bonds is 4. The van der Waals surface area contributed by atoms with Crippen LogP contribution in [0.4, 0.5) is 0 Å². The van der Waals surface area contributed by atoms with E-state index in [4.69, 9.17) is 4.74 Å². The van der Waals surface area contributed by atoms with Gasteiger partial charge in [-0.15, -0.1) is 0 Å². The van der Waals surface area contributed by atoms with Crippen LogP contribution in [-0.2, 0) is 28.8 Å². The van der Waals surface area contributed by atoms with E-state index in [2.05, 4.69) is 41.7 Å². The van der Waals surface area contributed by atoms with E-state index in [9.17, 15) is 4.79 Å². The largest absolute Gasteiger partial charge is 0.461 e. The molecule has 4 rings (SSSR count). The lowest BCUT2D eigenvalue weighted by Gasteiger charge is -2.12. The van der Waals surface area contributed by atoms with Crippen molar-refractivity contribution in [3.05, 3.63) is 70.8 Å². The molecule has 0 amide bonds. The van der Waals surface area contributed by atoms with Crippen molar-refractivity contribution >= 4 is 5.97 Å². The molecule has 1 N–H and O–H groups in total. The van der Waals surface area contributed by atoms with Gasteiger partial charge in [0.25, 0.3) is 0 Å². The molecule has 0 saturated carbocycles. The third-order valence-electron chi connectivity index (χ3n) is 5.17. The summed E-state index contributed by atoms with van der Waals surface area (Å²) in [6.07, 6.45) is 3.24. The van der Waals surface area contributed by atoms with E-state index >= 15 is 0 Å². The first-order valence-electron chi connectivity index (χ1n) is 8.84. The fraction of sp³-hybridized carbons (Fsp3) is 0.381. The van der Waals surface area contributed by atoms with Gasteiger partial charge in [-0.3, -0.25) is 4.79 Å². The number of hydrogen-bond donors (Lipinski definition) is 1. The maximum Gasteiger partial charge on any atom is 0.310 e. The van der Waals surface area contributed by atoms with E-state index in [0.29, 0.717) is 12.3 Å². The van der Waals surface area contributed by atoms with Gasteiger partial charge in [0.05, 0.1) is 6.42 Å². The van der Waals surface area contributed by atoms with Crippen LogP contribution in [0.15, 0.2) is 48.5 Å². The molecule has 1 aliphatic heterocycles. The Morgan fingerprint density at radius 3 is 2.38 bits per heavy atom. The molecule has 2 aromatic carbocycles. The second kappa shape index (κ2) is 6.78. The first kappa shape index (κ1) is 15.4. The van der Waals surface area contributed by atoms with Crippen LogP contribution < -0.4 is 5.32 Å². The average Bonchev–Trinajstić information content (AvgIpc) is 3.24. The highest BCUT2D eigenvalue weighted by molar-refractivity contribution is 5.73. The molecule has 0 spiro atoms. The fourth-order valence-corrected chi connectivity index (χ4v) is 3.84. The molecule has 124 valence electrons. The molecule has 1 saturated heterocycles. The minimum Gasteiger partial charge on any atom is -0.461 e. The summed E-state index contributed by atoms with van der Waals surface area (Å²) in [6, 6.07) is 16.8. The molecule has 0 bridgehead atoms. The van der Waals surface area contributed by atoms with Gasteiger partial charge in [-0.2, -0.15) is 0 Å². The monoisotopic (exact) mass is 321 g/mol. The lowest BCUT2D eigenvalue weighted by molar-refractivity contribution is -0.147. The van der Waals surface area contributed by atoms with E-state index in [-0.39, 0.29) is 12.1 Å². The third-order valence-corrected chi connectivity index (χ3v) is 5.17. The van der Waals surface area contributed by atoms with Gasteiger partial charge in [0, 0.05) is 19.4 Å². The predicted molar refractivity (Wildman–Crippen MR) is 94.1 cm³/mol. The van der Waals surface area contributed by atoms with Crippen LogP contribution in [0.5, 0.6) is 0 Å². The molecule has 3 heteroatoms. The third kappa shape index (κ3) is 3.36. The number of carbonyl (C=O) groups excluding carboxylic acids is 1. The van der Waals surface area contributed by atoms with Crippen LogP contribution in [0.3, 0.4) is 0 Å². The maximum atomic E-state index is 12.2. The molecule has 24 heavy (non-hydrogen) atoms. The van der Waals surface area contributed by atoms with Gasteiger partial charge < -0.3 is 10.1 Å². The minimum absolute atomic E-state index is 0.00117. The number of ether oxygens (including phenoxy) is 1. The molecule has 1 fully saturated rings. The van der Waals surface area contributed by atoms with Crippen LogP contribution in [0.2, 0.25) is 0 Å². The molecule has 1 aliphatic carbocycles. The predicted octanol–water partition coefficient (Wildman–Crippen LogP) is 3.02. The van der Waals surface area contributed by atoms with E-state index in [1.165, 1.54) is 23.1 Å². The highest BCUT2D eigenvalue weighted by Gasteiger charge is 2.24. The number of carbonyl (C=O) groups is 1. The normalized spacial score (nSPS) is 20.1. The van der Waals surface area contributed by atoms with Crippen LogP contribution in [0, 0.1) is 0 Å². The summed E-state index contributed by atoms with van der Waals surface area (Å²) < 4.78 is 5.68. The van der Waals surface area contributed by atoms with Crippen molar-refractivity contribution in [2.75, 3.05) is 13.1 Å². The number of hydrogen-bond acceptors (Lipinski definition) is 3. The Balaban J connectivity index is 1.32. The Labute approximate surface area is 143 Å². The van der Waals surface area contributed by atoms with Crippen molar-refractivity contribution in [2.24, 2.45) is 0 Å². The molecule has 0 radical (unpaired) electrons. The molecule has 3 nitrogen and oxygen atoms in total. The molecule has 2 aliphatic rings. The van der Waals surface area contributed by atoms with Crippen molar-refractivity contribution in [1.82, 2.24) is 5.32 Å². The van der Waals surface area contributed by atoms with Gasteiger partial charge in [-0.05, 0) is 41.1 Å². The van der Waals surface area contributed by atoms with E-state index in [0.717, 1.165) is 31.5 Å².